The van der Waals surface area contributed by atoms with Crippen LogP contribution in [0, 0.1) is 13.8 Å². The van der Waals surface area contributed by atoms with Crippen LogP contribution in [0.25, 0.3) is 32.7 Å². The van der Waals surface area contributed by atoms with Gasteiger partial charge < -0.3 is 0 Å². The van der Waals surface area contributed by atoms with Crippen LogP contribution in [0.3, 0.4) is 0 Å². The number of benzene rings is 4. The van der Waals surface area contributed by atoms with Gasteiger partial charge in [0.2, 0.25) is 0 Å². The van der Waals surface area contributed by atoms with Crippen molar-refractivity contribution in [2.75, 3.05) is 0 Å². The minimum absolute atomic E-state index is 1.05. The van der Waals surface area contributed by atoms with E-state index in [9.17, 15) is 0 Å². The van der Waals surface area contributed by atoms with Gasteiger partial charge in [-0.25, -0.2) is 0 Å². The minimum atomic E-state index is 1.05. The van der Waals surface area contributed by atoms with Gasteiger partial charge in [0.25, 0.3) is 0 Å². The van der Waals surface area contributed by atoms with E-state index in [0.717, 1.165) is 6.42 Å². The molecule has 0 saturated carbocycles. The summed E-state index contributed by atoms with van der Waals surface area (Å²) >= 11 is 0. The lowest BCUT2D eigenvalue weighted by Crippen LogP contribution is -1.86. The molecule has 0 amide bonds. The zero-order valence-electron chi connectivity index (χ0n) is 13.5. The van der Waals surface area contributed by atoms with Crippen LogP contribution < -0.4 is 0 Å². The fourth-order valence-corrected chi connectivity index (χ4v) is 4.09. The monoisotopic (exact) mass is 294 g/mol. The lowest BCUT2D eigenvalue weighted by atomic mass is 9.97. The second-order valence-corrected chi connectivity index (χ2v) is 6.81. The molecule has 1 aliphatic carbocycles. The quantitative estimate of drug-likeness (QED) is 0.320. The molecule has 110 valence electrons. The van der Waals surface area contributed by atoms with E-state index in [2.05, 4.69) is 74.5 Å². The predicted molar refractivity (Wildman–Crippen MR) is 99.2 cm³/mol. The zero-order chi connectivity index (χ0) is 15.6. The summed E-state index contributed by atoms with van der Waals surface area (Å²) in [4.78, 5) is 0. The summed E-state index contributed by atoms with van der Waals surface area (Å²) in [5.74, 6) is 0. The van der Waals surface area contributed by atoms with Gasteiger partial charge in [-0.3, -0.25) is 0 Å². The average molecular weight is 294 g/mol. The van der Waals surface area contributed by atoms with Gasteiger partial charge in [-0.05, 0) is 64.1 Å². The van der Waals surface area contributed by atoms with E-state index in [1.54, 1.807) is 0 Å². The number of hydrogen-bond donors (Lipinski definition) is 0. The van der Waals surface area contributed by atoms with Gasteiger partial charge in [0.1, 0.15) is 0 Å². The van der Waals surface area contributed by atoms with Crippen LogP contribution in [0.1, 0.15) is 22.3 Å². The maximum Gasteiger partial charge on any atom is -0.000112 e. The molecule has 0 spiro atoms. The van der Waals surface area contributed by atoms with Crippen molar-refractivity contribution in [3.05, 3.63) is 82.9 Å². The molecule has 0 nitrogen and oxygen atoms in total. The van der Waals surface area contributed by atoms with Crippen LogP contribution in [-0.2, 0) is 6.42 Å². The molecule has 0 aliphatic heterocycles. The number of rotatable bonds is 0. The Hall–Kier alpha value is -2.60. The van der Waals surface area contributed by atoms with E-state index in [-0.39, 0.29) is 0 Å². The van der Waals surface area contributed by atoms with Crippen molar-refractivity contribution in [1.29, 1.82) is 0 Å². The number of fused-ring (bicyclic) bond motifs is 7. The molecule has 0 radical (unpaired) electrons. The summed E-state index contributed by atoms with van der Waals surface area (Å²) in [5, 5.41) is 5.53. The van der Waals surface area contributed by atoms with E-state index in [4.69, 9.17) is 0 Å². The first-order valence-electron chi connectivity index (χ1n) is 8.25. The molecule has 23 heavy (non-hydrogen) atoms. The van der Waals surface area contributed by atoms with Gasteiger partial charge in [-0.1, -0.05) is 71.8 Å². The molecule has 0 aromatic heterocycles. The Morgan fingerprint density at radius 1 is 0.565 bits per heavy atom. The Bertz CT molecular complexity index is 1010. The lowest BCUT2D eigenvalue weighted by molar-refractivity contribution is 1.30. The van der Waals surface area contributed by atoms with E-state index in [0.29, 0.717) is 0 Å². The molecular weight excluding hydrogens is 276 g/mol. The molecule has 0 unspecified atom stereocenters. The highest BCUT2D eigenvalue weighted by Gasteiger charge is 2.22. The highest BCUT2D eigenvalue weighted by atomic mass is 14.3. The predicted octanol–water partition coefficient (Wildman–Crippen LogP) is 6.18. The van der Waals surface area contributed by atoms with E-state index in [1.807, 2.05) is 0 Å². The summed E-state index contributed by atoms with van der Waals surface area (Å²) in [6.45, 7) is 4.33. The SMILES string of the molecule is Cc1ccc2c3c(ccc2c1)-c1ccc2cc(C)ccc2c1C3. The maximum atomic E-state index is 2.31. The second kappa shape index (κ2) is 4.45. The third-order valence-electron chi connectivity index (χ3n) is 5.22. The molecule has 4 aromatic carbocycles. The van der Waals surface area contributed by atoms with E-state index < -0.39 is 0 Å². The third-order valence-corrected chi connectivity index (χ3v) is 5.22. The molecule has 0 atom stereocenters. The van der Waals surface area contributed by atoms with Crippen molar-refractivity contribution in [1.82, 2.24) is 0 Å². The molecule has 0 fully saturated rings. The van der Waals surface area contributed by atoms with Crippen molar-refractivity contribution >= 4 is 21.5 Å². The van der Waals surface area contributed by atoms with Gasteiger partial charge >= 0.3 is 0 Å². The van der Waals surface area contributed by atoms with Crippen molar-refractivity contribution in [3.8, 4) is 11.1 Å². The molecule has 4 aromatic rings. The summed E-state index contributed by atoms with van der Waals surface area (Å²) in [6, 6.07) is 22.8. The molecule has 0 heterocycles. The first kappa shape index (κ1) is 12.9. The molecule has 5 rings (SSSR count). The van der Waals surface area contributed by atoms with Gasteiger partial charge in [-0.2, -0.15) is 0 Å². The van der Waals surface area contributed by atoms with Gasteiger partial charge in [0.05, 0.1) is 0 Å². The topological polar surface area (TPSA) is 0 Å². The highest BCUT2D eigenvalue weighted by Crippen LogP contribution is 2.43. The number of hydrogen-bond acceptors (Lipinski definition) is 0. The van der Waals surface area contributed by atoms with Crippen molar-refractivity contribution in [2.24, 2.45) is 0 Å². The van der Waals surface area contributed by atoms with Crippen LogP contribution in [-0.4, -0.2) is 0 Å². The molecule has 0 saturated heterocycles. The van der Waals surface area contributed by atoms with Gasteiger partial charge in [-0.15, -0.1) is 0 Å². The summed E-state index contributed by atoms with van der Waals surface area (Å²) in [6.07, 6.45) is 1.05. The highest BCUT2D eigenvalue weighted by molar-refractivity contribution is 6.01. The second-order valence-electron chi connectivity index (χ2n) is 6.81. The Labute approximate surface area is 136 Å². The first-order valence-corrected chi connectivity index (χ1v) is 8.25. The first-order chi connectivity index (χ1) is 11.2. The van der Waals surface area contributed by atoms with Gasteiger partial charge in [0.15, 0.2) is 0 Å². The van der Waals surface area contributed by atoms with Crippen LogP contribution in [0.15, 0.2) is 60.7 Å². The fraction of sp³-hybridized carbons (Fsp3) is 0.130. The number of aryl methyl sites for hydroxylation is 2. The molecule has 0 N–H and O–H groups in total. The maximum absolute atomic E-state index is 2.31. The molecule has 1 aliphatic rings. The Morgan fingerprint density at radius 2 is 1.04 bits per heavy atom. The third kappa shape index (κ3) is 1.78. The largest absolute Gasteiger partial charge is 0.0587 e. The Balaban J connectivity index is 1.83. The van der Waals surface area contributed by atoms with Crippen LogP contribution in [0.5, 0.6) is 0 Å². The van der Waals surface area contributed by atoms with Gasteiger partial charge in [0, 0.05) is 0 Å². The summed E-state index contributed by atoms with van der Waals surface area (Å²) in [7, 11) is 0. The van der Waals surface area contributed by atoms with Crippen molar-refractivity contribution in [2.45, 2.75) is 20.3 Å². The summed E-state index contributed by atoms with van der Waals surface area (Å²) < 4.78 is 0. The standard InChI is InChI=1S/C23H18/c1-14-3-7-18-16(11-14)5-9-20-21-10-6-17-12-15(2)4-8-19(17)23(21)13-22(18)20/h3-12H,13H2,1-2H3. The van der Waals surface area contributed by atoms with E-state index >= 15 is 0 Å². The molecule has 0 heteroatoms. The Morgan fingerprint density at radius 3 is 1.52 bits per heavy atom. The smallest absolute Gasteiger partial charge is 0.000112 e. The molecular formula is C23H18. The lowest BCUT2D eigenvalue weighted by Gasteiger charge is -2.07. The van der Waals surface area contributed by atoms with Crippen LogP contribution in [0.4, 0.5) is 0 Å². The van der Waals surface area contributed by atoms with Crippen LogP contribution >= 0.6 is 0 Å². The Kier molecular flexibility index (Phi) is 2.50. The molecule has 0 bridgehead atoms. The normalized spacial score (nSPS) is 12.6. The summed E-state index contributed by atoms with van der Waals surface area (Å²) in [5.41, 5.74) is 8.47. The van der Waals surface area contributed by atoms with E-state index in [1.165, 1.54) is 54.9 Å². The minimum Gasteiger partial charge on any atom is -0.0587 e. The van der Waals surface area contributed by atoms with Crippen LogP contribution in [0.2, 0.25) is 0 Å². The van der Waals surface area contributed by atoms with Crippen molar-refractivity contribution in [3.63, 3.8) is 0 Å². The van der Waals surface area contributed by atoms with Crippen molar-refractivity contribution < 1.29 is 0 Å². The zero-order valence-corrected chi connectivity index (χ0v) is 13.5. The fourth-order valence-electron chi connectivity index (χ4n) is 4.09. The average Bonchev–Trinajstić information content (AvgIpc) is 2.93.